The molecular weight excluding hydrogens is 428 g/mol. The Morgan fingerprint density at radius 2 is 1.97 bits per heavy atom. The summed E-state index contributed by atoms with van der Waals surface area (Å²) >= 11 is 0. The Kier molecular flexibility index (Phi) is 5.34. The lowest BCUT2D eigenvalue weighted by molar-refractivity contribution is -0.125. The third kappa shape index (κ3) is 3.65. The van der Waals surface area contributed by atoms with Gasteiger partial charge < -0.3 is 24.1 Å². The summed E-state index contributed by atoms with van der Waals surface area (Å²) in [6.07, 6.45) is 0.693. The van der Waals surface area contributed by atoms with Crippen LogP contribution in [0.4, 0.5) is 4.79 Å². The van der Waals surface area contributed by atoms with Crippen molar-refractivity contribution in [3.05, 3.63) is 52.5 Å². The van der Waals surface area contributed by atoms with Gasteiger partial charge in [0.2, 0.25) is 0 Å². The Morgan fingerprint density at radius 1 is 1.12 bits per heavy atom. The predicted molar refractivity (Wildman–Crippen MR) is 116 cm³/mol. The van der Waals surface area contributed by atoms with Crippen LogP contribution in [-0.2, 0) is 34.6 Å². The van der Waals surface area contributed by atoms with E-state index in [2.05, 4.69) is 15.5 Å². The van der Waals surface area contributed by atoms with Gasteiger partial charge >= 0.3 is 6.03 Å². The summed E-state index contributed by atoms with van der Waals surface area (Å²) in [5.41, 5.74) is 0.851. The first kappa shape index (κ1) is 21.5. The third-order valence-corrected chi connectivity index (χ3v) is 6.54. The fourth-order valence-electron chi connectivity index (χ4n) is 4.75. The molecule has 5 rings (SSSR count). The molecule has 1 fully saturated rings. The number of rotatable bonds is 7. The second-order valence-corrected chi connectivity index (χ2v) is 8.58. The van der Waals surface area contributed by atoms with Gasteiger partial charge in [0.15, 0.2) is 5.54 Å². The third-order valence-electron chi connectivity index (χ3n) is 6.54. The highest BCUT2D eigenvalue weighted by molar-refractivity contribution is 6.08. The van der Waals surface area contributed by atoms with Crippen LogP contribution in [-0.4, -0.2) is 68.1 Å². The van der Waals surface area contributed by atoms with Gasteiger partial charge in [0.05, 0.1) is 20.3 Å². The van der Waals surface area contributed by atoms with Crippen LogP contribution in [0.1, 0.15) is 33.0 Å². The smallest absolute Gasteiger partial charge is 0.322 e. The van der Waals surface area contributed by atoms with E-state index in [9.17, 15) is 14.4 Å². The van der Waals surface area contributed by atoms with Crippen LogP contribution < -0.4 is 15.4 Å². The Hall–Kier alpha value is -3.37. The highest BCUT2D eigenvalue weighted by atomic mass is 16.5. The molecule has 1 unspecified atom stereocenters. The summed E-state index contributed by atoms with van der Waals surface area (Å²) in [6.45, 7) is 3.19. The summed E-state index contributed by atoms with van der Waals surface area (Å²) in [5.74, 6) is 0.969. The van der Waals surface area contributed by atoms with Crippen LogP contribution in [0.5, 0.6) is 5.75 Å². The molecule has 1 saturated heterocycles. The van der Waals surface area contributed by atoms with Crippen molar-refractivity contribution >= 4 is 17.8 Å². The molecule has 0 bridgehead atoms. The Labute approximate surface area is 190 Å². The van der Waals surface area contributed by atoms with Gasteiger partial charge in [-0.1, -0.05) is 6.07 Å². The quantitative estimate of drug-likeness (QED) is 0.600. The van der Waals surface area contributed by atoms with Gasteiger partial charge in [-0.15, -0.1) is 0 Å². The number of carbonyl (C=O) groups is 3. The van der Waals surface area contributed by atoms with E-state index in [1.807, 2.05) is 12.1 Å². The molecule has 33 heavy (non-hydrogen) atoms. The number of furan rings is 1. The SMILES string of the molecule is COCCN1CCc2oc(C3(CN4Cc5ccc(OC)cc5C4=O)NC(=O)NC3=O)cc2C1. The molecule has 10 nitrogen and oxygen atoms in total. The Bertz CT molecular complexity index is 1130. The predicted octanol–water partition coefficient (Wildman–Crippen LogP) is 0.983. The highest BCUT2D eigenvalue weighted by Crippen LogP contribution is 2.35. The molecule has 4 amide bonds. The lowest BCUT2D eigenvalue weighted by atomic mass is 9.94. The zero-order valence-corrected chi connectivity index (χ0v) is 18.6. The van der Waals surface area contributed by atoms with Crippen molar-refractivity contribution in [3.63, 3.8) is 0 Å². The minimum atomic E-state index is -1.49. The normalized spacial score (nSPS) is 22.2. The molecule has 174 valence electrons. The highest BCUT2D eigenvalue weighted by Gasteiger charge is 2.53. The fraction of sp³-hybridized carbons (Fsp3) is 0.435. The van der Waals surface area contributed by atoms with Gasteiger partial charge in [-0.2, -0.15) is 0 Å². The lowest BCUT2D eigenvalue weighted by Gasteiger charge is -2.29. The van der Waals surface area contributed by atoms with E-state index in [1.54, 1.807) is 31.3 Å². The van der Waals surface area contributed by atoms with Crippen molar-refractivity contribution in [2.24, 2.45) is 0 Å². The van der Waals surface area contributed by atoms with E-state index < -0.39 is 17.5 Å². The molecular formula is C23H26N4O6. The van der Waals surface area contributed by atoms with Crippen LogP contribution in [0.2, 0.25) is 0 Å². The number of imide groups is 1. The van der Waals surface area contributed by atoms with E-state index in [0.717, 1.165) is 30.0 Å². The van der Waals surface area contributed by atoms with Crippen molar-refractivity contribution < 1.29 is 28.3 Å². The van der Waals surface area contributed by atoms with Crippen LogP contribution >= 0.6 is 0 Å². The zero-order chi connectivity index (χ0) is 23.2. The van der Waals surface area contributed by atoms with Gasteiger partial charge in [0, 0.05) is 50.8 Å². The number of hydrogen-bond donors (Lipinski definition) is 2. The van der Waals surface area contributed by atoms with E-state index in [4.69, 9.17) is 13.9 Å². The maximum absolute atomic E-state index is 13.1. The van der Waals surface area contributed by atoms with Gasteiger partial charge in [-0.05, 0) is 23.8 Å². The summed E-state index contributed by atoms with van der Waals surface area (Å²) in [5, 5.41) is 5.06. The van der Waals surface area contributed by atoms with Crippen LogP contribution in [0.3, 0.4) is 0 Å². The van der Waals surface area contributed by atoms with Gasteiger partial charge in [0.25, 0.3) is 11.8 Å². The maximum Gasteiger partial charge on any atom is 0.322 e. The standard InChI is InChI=1S/C23H26N4O6/c1-31-8-7-26-6-5-18-15(11-26)9-19(33-18)23(21(29)24-22(30)25-23)13-27-12-14-3-4-16(32-2)10-17(14)20(27)28/h3-4,9-10H,5-8,11-13H2,1-2H3,(H2,24,25,29,30). The second-order valence-electron chi connectivity index (χ2n) is 8.58. The molecule has 3 aliphatic heterocycles. The number of ether oxygens (including phenoxy) is 2. The van der Waals surface area contributed by atoms with Crippen molar-refractivity contribution in [2.75, 3.05) is 40.5 Å². The molecule has 2 aromatic rings. The average molecular weight is 454 g/mol. The van der Waals surface area contributed by atoms with Crippen LogP contribution in [0, 0.1) is 0 Å². The first-order chi connectivity index (χ1) is 15.9. The Morgan fingerprint density at radius 3 is 2.70 bits per heavy atom. The molecule has 1 aromatic carbocycles. The number of amides is 4. The first-order valence-electron chi connectivity index (χ1n) is 10.9. The molecule has 1 atom stereocenters. The van der Waals surface area contributed by atoms with Crippen molar-refractivity contribution in [1.82, 2.24) is 20.4 Å². The molecule has 2 N–H and O–H groups in total. The van der Waals surface area contributed by atoms with Gasteiger partial charge in [-0.25, -0.2) is 4.79 Å². The van der Waals surface area contributed by atoms with Crippen molar-refractivity contribution in [3.8, 4) is 5.75 Å². The van der Waals surface area contributed by atoms with E-state index in [1.165, 1.54) is 0 Å². The maximum atomic E-state index is 13.1. The molecule has 0 aliphatic carbocycles. The topological polar surface area (TPSA) is 113 Å². The Balaban J connectivity index is 1.44. The second kappa shape index (κ2) is 8.20. The molecule has 0 saturated carbocycles. The number of fused-ring (bicyclic) bond motifs is 2. The molecule has 4 heterocycles. The number of benzene rings is 1. The minimum absolute atomic E-state index is 0.0415. The zero-order valence-electron chi connectivity index (χ0n) is 18.6. The summed E-state index contributed by atoms with van der Waals surface area (Å²) in [6, 6.07) is 6.55. The molecule has 1 aromatic heterocycles. The lowest BCUT2D eigenvalue weighted by Crippen LogP contribution is -2.52. The van der Waals surface area contributed by atoms with Crippen molar-refractivity contribution in [1.29, 1.82) is 0 Å². The monoisotopic (exact) mass is 454 g/mol. The van der Waals surface area contributed by atoms with Crippen LogP contribution in [0.25, 0.3) is 0 Å². The van der Waals surface area contributed by atoms with E-state index in [-0.39, 0.29) is 12.5 Å². The number of hydrogen-bond acceptors (Lipinski definition) is 7. The van der Waals surface area contributed by atoms with Crippen LogP contribution in [0.15, 0.2) is 28.7 Å². The van der Waals surface area contributed by atoms with Crippen molar-refractivity contribution in [2.45, 2.75) is 25.0 Å². The number of nitrogens with zero attached hydrogens (tertiary/aromatic N) is 2. The summed E-state index contributed by atoms with van der Waals surface area (Å²) in [4.78, 5) is 42.2. The molecule has 0 spiro atoms. The molecule has 3 aliphatic rings. The van der Waals surface area contributed by atoms with E-state index >= 15 is 0 Å². The molecule has 0 radical (unpaired) electrons. The van der Waals surface area contributed by atoms with Gasteiger partial charge in [0.1, 0.15) is 17.3 Å². The largest absolute Gasteiger partial charge is 0.497 e. The number of nitrogens with one attached hydrogen (secondary N) is 2. The number of urea groups is 1. The van der Waals surface area contributed by atoms with E-state index in [0.29, 0.717) is 43.2 Å². The van der Waals surface area contributed by atoms with Gasteiger partial charge in [-0.3, -0.25) is 19.8 Å². The fourth-order valence-corrected chi connectivity index (χ4v) is 4.75. The average Bonchev–Trinajstić information content (AvgIpc) is 3.46. The summed E-state index contributed by atoms with van der Waals surface area (Å²) < 4.78 is 16.5. The molecule has 10 heteroatoms. The first-order valence-corrected chi connectivity index (χ1v) is 10.9. The number of methoxy groups -OCH3 is 2. The summed E-state index contributed by atoms with van der Waals surface area (Å²) in [7, 11) is 3.21. The minimum Gasteiger partial charge on any atom is -0.497 e. The number of carbonyl (C=O) groups excluding carboxylic acids is 3.